The summed E-state index contributed by atoms with van der Waals surface area (Å²) in [6.07, 6.45) is 6.02. The van der Waals surface area contributed by atoms with Gasteiger partial charge in [0.1, 0.15) is 5.03 Å². The van der Waals surface area contributed by atoms with E-state index in [4.69, 9.17) is 9.88 Å². The first-order valence-corrected chi connectivity index (χ1v) is 11.0. The number of aromatic nitrogens is 1. The van der Waals surface area contributed by atoms with Gasteiger partial charge in [-0.1, -0.05) is 39.2 Å². The molecule has 30 heavy (non-hydrogen) atoms. The summed E-state index contributed by atoms with van der Waals surface area (Å²) in [7, 11) is 1.31. The number of rotatable bonds is 5. The number of ether oxygens (including phenoxy) is 1. The summed E-state index contributed by atoms with van der Waals surface area (Å²) in [5.74, 6) is -2.86. The molecule has 3 rings (SSSR count). The minimum absolute atomic E-state index is 0.120. The molecule has 8 heteroatoms. The molecule has 1 aliphatic rings. The van der Waals surface area contributed by atoms with Crippen molar-refractivity contribution in [3.63, 3.8) is 0 Å². The molecule has 1 heterocycles. The number of hydrogen-bond donors (Lipinski definition) is 2. The molecule has 2 aromatic rings. The highest BCUT2D eigenvalue weighted by atomic mass is 32.2. The van der Waals surface area contributed by atoms with Crippen LogP contribution in [0.15, 0.2) is 35.5 Å². The van der Waals surface area contributed by atoms with Gasteiger partial charge in [0.25, 0.3) is 0 Å². The molecule has 0 aliphatic heterocycles. The molecule has 2 unspecified atom stereocenters. The highest BCUT2D eigenvalue weighted by Crippen LogP contribution is 2.43. The van der Waals surface area contributed by atoms with Crippen molar-refractivity contribution < 1.29 is 18.3 Å². The molecule has 0 radical (unpaired) electrons. The molecule has 1 amide bonds. The van der Waals surface area contributed by atoms with Crippen molar-refractivity contribution in [1.82, 2.24) is 4.98 Å². The number of hydrogen-bond acceptors (Lipinski definition) is 5. The monoisotopic (exact) mass is 437 g/mol. The lowest BCUT2D eigenvalue weighted by Crippen LogP contribution is -2.31. The largest absolute Gasteiger partial charge is 0.493 e. The summed E-state index contributed by atoms with van der Waals surface area (Å²) in [4.78, 5) is 17.0. The van der Waals surface area contributed by atoms with Crippen LogP contribution >= 0.6 is 11.9 Å². The first kappa shape index (κ1) is 24.1. The van der Waals surface area contributed by atoms with Crippen molar-refractivity contribution in [2.45, 2.75) is 56.9 Å². The highest BCUT2D eigenvalue weighted by molar-refractivity contribution is 7.97. The molecule has 3 N–H and O–H groups in total. The molecule has 1 aromatic carbocycles. The molecule has 164 valence electrons. The van der Waals surface area contributed by atoms with E-state index in [-0.39, 0.29) is 23.5 Å². The van der Waals surface area contributed by atoms with Crippen LogP contribution in [0.3, 0.4) is 0 Å². The van der Waals surface area contributed by atoms with Crippen LogP contribution in [0.1, 0.15) is 57.4 Å². The fourth-order valence-electron chi connectivity index (χ4n) is 3.65. The zero-order valence-corrected chi connectivity index (χ0v) is 18.4. The zero-order chi connectivity index (χ0) is 22.1. The van der Waals surface area contributed by atoms with Crippen LogP contribution in [0.2, 0.25) is 0 Å². The minimum atomic E-state index is -1.02. The standard InChI is InChI=1S/C19H21F2N3O2S.C3H8/c1-26-18-13(6-7-15(20)17(18)21)12-4-2-3-5-14(12)19(25)24-11-8-9-23-16(10-11)27-22;1-3-2/h6-10,12,14H,2-5,22H2,1H3,(H,23,24,25);3H2,1-2H3. The summed E-state index contributed by atoms with van der Waals surface area (Å²) in [5, 5.41) is 9.00. The first-order chi connectivity index (χ1) is 14.5. The van der Waals surface area contributed by atoms with Crippen molar-refractivity contribution in [3.8, 4) is 5.75 Å². The summed E-state index contributed by atoms with van der Waals surface area (Å²) in [6.45, 7) is 4.25. The van der Waals surface area contributed by atoms with Gasteiger partial charge in [-0.2, -0.15) is 4.39 Å². The summed E-state index contributed by atoms with van der Waals surface area (Å²) in [5.41, 5.74) is 1.13. The Morgan fingerprint density at radius 1 is 1.27 bits per heavy atom. The van der Waals surface area contributed by atoms with Crippen LogP contribution in [0.25, 0.3) is 0 Å². The molecule has 0 saturated heterocycles. The first-order valence-electron chi connectivity index (χ1n) is 10.1. The molecule has 1 aromatic heterocycles. The predicted octanol–water partition coefficient (Wildman–Crippen LogP) is 5.66. The Kier molecular flexibility index (Phi) is 9.52. The number of anilines is 1. The van der Waals surface area contributed by atoms with Crippen molar-refractivity contribution in [2.24, 2.45) is 11.1 Å². The second-order valence-corrected chi connectivity index (χ2v) is 7.83. The van der Waals surface area contributed by atoms with Crippen molar-refractivity contribution in [3.05, 3.63) is 47.7 Å². The second-order valence-electron chi connectivity index (χ2n) is 7.18. The van der Waals surface area contributed by atoms with E-state index >= 15 is 0 Å². The number of nitrogens with one attached hydrogen (secondary N) is 1. The van der Waals surface area contributed by atoms with Crippen LogP contribution < -0.4 is 15.2 Å². The lowest BCUT2D eigenvalue weighted by molar-refractivity contribution is -0.121. The Hall–Kier alpha value is -2.19. The molecule has 0 bridgehead atoms. The van der Waals surface area contributed by atoms with Gasteiger partial charge in [-0.25, -0.2) is 9.37 Å². The third kappa shape index (κ3) is 5.92. The SMILES string of the molecule is CCC.COc1c(C2CCCCC2C(=O)Nc2ccnc(SN)c2)ccc(F)c1F. The van der Waals surface area contributed by atoms with Crippen LogP contribution in [0.4, 0.5) is 14.5 Å². The molecule has 1 aliphatic carbocycles. The predicted molar refractivity (Wildman–Crippen MR) is 116 cm³/mol. The summed E-state index contributed by atoms with van der Waals surface area (Å²) in [6, 6.07) is 5.99. The molecular formula is C22H29F2N3O2S. The maximum Gasteiger partial charge on any atom is 0.228 e. The van der Waals surface area contributed by atoms with Gasteiger partial charge in [-0.05, 0) is 48.9 Å². The quantitative estimate of drug-likeness (QED) is 0.590. The maximum absolute atomic E-state index is 14.2. The van der Waals surface area contributed by atoms with Gasteiger partial charge < -0.3 is 10.1 Å². The van der Waals surface area contributed by atoms with E-state index in [1.54, 1.807) is 18.3 Å². The zero-order valence-electron chi connectivity index (χ0n) is 17.6. The van der Waals surface area contributed by atoms with E-state index in [0.717, 1.165) is 30.9 Å². The molecule has 1 fully saturated rings. The van der Waals surface area contributed by atoms with Crippen LogP contribution in [-0.2, 0) is 4.79 Å². The van der Waals surface area contributed by atoms with Gasteiger partial charge >= 0.3 is 0 Å². The molecule has 5 nitrogen and oxygen atoms in total. The maximum atomic E-state index is 14.2. The number of methoxy groups -OCH3 is 1. The average Bonchev–Trinajstić information content (AvgIpc) is 2.76. The number of nitrogens with two attached hydrogens (primary N) is 1. The highest BCUT2D eigenvalue weighted by Gasteiger charge is 2.35. The molecule has 0 spiro atoms. The fourth-order valence-corrected chi connectivity index (χ4v) is 3.97. The third-order valence-electron chi connectivity index (χ3n) is 4.91. The Labute approximate surface area is 180 Å². The minimum Gasteiger partial charge on any atom is -0.493 e. The molecule has 1 saturated carbocycles. The number of carbonyl (C=O) groups excluding carboxylic acids is 1. The molecule has 2 atom stereocenters. The Morgan fingerprint density at radius 3 is 2.63 bits per heavy atom. The van der Waals surface area contributed by atoms with Crippen LogP contribution in [0, 0.1) is 17.6 Å². The van der Waals surface area contributed by atoms with Gasteiger partial charge in [0.15, 0.2) is 11.6 Å². The van der Waals surface area contributed by atoms with E-state index in [9.17, 15) is 13.6 Å². The van der Waals surface area contributed by atoms with Crippen LogP contribution in [-0.4, -0.2) is 18.0 Å². The summed E-state index contributed by atoms with van der Waals surface area (Å²) >= 11 is 0.995. The van der Waals surface area contributed by atoms with Crippen molar-refractivity contribution in [1.29, 1.82) is 0 Å². The fraction of sp³-hybridized carbons (Fsp3) is 0.455. The number of halogens is 2. The van der Waals surface area contributed by atoms with Crippen LogP contribution in [0.5, 0.6) is 5.75 Å². The number of nitrogens with zero attached hydrogens (tertiary/aromatic N) is 1. The van der Waals surface area contributed by atoms with E-state index < -0.39 is 11.6 Å². The van der Waals surface area contributed by atoms with Gasteiger partial charge in [-0.15, -0.1) is 0 Å². The van der Waals surface area contributed by atoms with Gasteiger partial charge in [0.2, 0.25) is 11.7 Å². The normalized spacial score (nSPS) is 18.2. The number of carbonyl (C=O) groups is 1. The topological polar surface area (TPSA) is 77.2 Å². The molecular weight excluding hydrogens is 408 g/mol. The number of amides is 1. The Morgan fingerprint density at radius 2 is 1.97 bits per heavy atom. The van der Waals surface area contributed by atoms with Crippen molar-refractivity contribution in [2.75, 3.05) is 12.4 Å². The average molecular weight is 438 g/mol. The number of pyridine rings is 1. The Bertz CT molecular complexity index is 851. The Balaban J connectivity index is 0.00000101. The van der Waals surface area contributed by atoms with Gasteiger partial charge in [-0.3, -0.25) is 9.93 Å². The van der Waals surface area contributed by atoms with Gasteiger partial charge in [0.05, 0.1) is 7.11 Å². The van der Waals surface area contributed by atoms with E-state index in [2.05, 4.69) is 24.1 Å². The third-order valence-corrected chi connectivity index (χ3v) is 5.37. The lowest BCUT2D eigenvalue weighted by Gasteiger charge is -2.32. The lowest BCUT2D eigenvalue weighted by atomic mass is 9.74. The smallest absolute Gasteiger partial charge is 0.228 e. The second kappa shape index (κ2) is 11.9. The van der Waals surface area contributed by atoms with E-state index in [0.29, 0.717) is 29.1 Å². The van der Waals surface area contributed by atoms with Gasteiger partial charge in [0, 0.05) is 23.4 Å². The van der Waals surface area contributed by atoms with E-state index in [1.807, 2.05) is 0 Å². The number of benzene rings is 1. The van der Waals surface area contributed by atoms with E-state index in [1.165, 1.54) is 19.6 Å². The van der Waals surface area contributed by atoms with Crippen molar-refractivity contribution >= 4 is 23.5 Å². The summed E-state index contributed by atoms with van der Waals surface area (Å²) < 4.78 is 32.8.